The number of ether oxygens (including phenoxy) is 3. The van der Waals surface area contributed by atoms with Crippen molar-refractivity contribution >= 4 is 5.97 Å². The first-order valence-corrected chi connectivity index (χ1v) is 17.4. The number of rotatable bonds is 15. The normalized spacial score (nSPS) is 15.3. The van der Waals surface area contributed by atoms with E-state index < -0.39 is 6.10 Å². The molecule has 4 aromatic rings. The maximum Gasteiger partial charge on any atom is 0.335 e. The van der Waals surface area contributed by atoms with Crippen molar-refractivity contribution < 1.29 is 19.0 Å². The lowest BCUT2D eigenvalue weighted by molar-refractivity contribution is -0.156. The summed E-state index contributed by atoms with van der Waals surface area (Å²) in [5.74, 6) is 0.843. The van der Waals surface area contributed by atoms with E-state index >= 15 is 0 Å². The largest absolute Gasteiger partial charge is 0.492 e. The number of carbonyl (C=O) groups is 1. The smallest absolute Gasteiger partial charge is 0.335 e. The van der Waals surface area contributed by atoms with Crippen LogP contribution in [0.1, 0.15) is 90.6 Å². The van der Waals surface area contributed by atoms with Gasteiger partial charge < -0.3 is 14.2 Å². The third-order valence-corrected chi connectivity index (χ3v) is 9.38. The van der Waals surface area contributed by atoms with Gasteiger partial charge in [-0.25, -0.2) is 4.79 Å². The zero-order valence-electron chi connectivity index (χ0n) is 28.8. The van der Waals surface area contributed by atoms with Crippen molar-refractivity contribution in [3.63, 3.8) is 0 Å². The van der Waals surface area contributed by atoms with E-state index in [0.29, 0.717) is 32.2 Å². The van der Waals surface area contributed by atoms with Crippen LogP contribution in [0.5, 0.6) is 5.75 Å². The van der Waals surface area contributed by atoms with Gasteiger partial charge in [-0.1, -0.05) is 99.1 Å². The molecule has 0 amide bonds. The fourth-order valence-electron chi connectivity index (χ4n) is 6.81. The maximum atomic E-state index is 12.3. The molecule has 5 rings (SSSR count). The molecule has 0 aliphatic heterocycles. The van der Waals surface area contributed by atoms with E-state index in [9.17, 15) is 4.79 Å². The molecule has 3 unspecified atom stereocenters. The van der Waals surface area contributed by atoms with Crippen LogP contribution in [0.2, 0.25) is 0 Å². The van der Waals surface area contributed by atoms with Crippen LogP contribution in [0.25, 0.3) is 0 Å². The highest BCUT2D eigenvalue weighted by molar-refractivity contribution is 5.75. The number of aryl methyl sites for hydroxylation is 3. The number of hydrogen-bond acceptors (Lipinski definition) is 5. The predicted molar refractivity (Wildman–Crippen MR) is 190 cm³/mol. The molecular weight excluding hydrogens is 582 g/mol. The topological polar surface area (TPSA) is 48.0 Å². The summed E-state index contributed by atoms with van der Waals surface area (Å²) in [4.78, 5) is 14.8. The summed E-state index contributed by atoms with van der Waals surface area (Å²) in [6, 6.07) is 33.3. The molecule has 47 heavy (non-hydrogen) atoms. The molecule has 0 saturated carbocycles. The maximum absolute atomic E-state index is 12.3. The fraction of sp³-hybridized carbons (Fsp3) is 0.405. The first-order chi connectivity index (χ1) is 22.9. The Labute approximate surface area is 281 Å². The van der Waals surface area contributed by atoms with Gasteiger partial charge in [-0.15, -0.1) is 0 Å². The molecule has 0 saturated heterocycles. The lowest BCUT2D eigenvalue weighted by Crippen LogP contribution is -2.30. The minimum atomic E-state index is -0.596. The molecule has 5 nitrogen and oxygen atoms in total. The van der Waals surface area contributed by atoms with Crippen molar-refractivity contribution in [1.82, 2.24) is 4.90 Å². The molecule has 0 aromatic heterocycles. The summed E-state index contributed by atoms with van der Waals surface area (Å²) in [6.07, 6.45) is 4.19. The van der Waals surface area contributed by atoms with Crippen molar-refractivity contribution in [2.24, 2.45) is 0 Å². The summed E-state index contributed by atoms with van der Waals surface area (Å²) < 4.78 is 17.1. The van der Waals surface area contributed by atoms with Gasteiger partial charge in [0, 0.05) is 25.5 Å². The number of nitrogens with zero attached hydrogens (tertiary/aromatic N) is 1. The van der Waals surface area contributed by atoms with E-state index in [2.05, 4.69) is 92.5 Å². The van der Waals surface area contributed by atoms with E-state index in [-0.39, 0.29) is 12.0 Å². The van der Waals surface area contributed by atoms with Crippen LogP contribution in [0.15, 0.2) is 91.0 Å². The number of esters is 1. The van der Waals surface area contributed by atoms with Crippen LogP contribution in [-0.2, 0) is 40.0 Å². The molecule has 0 fully saturated rings. The highest BCUT2D eigenvalue weighted by atomic mass is 16.6. The molecule has 3 atom stereocenters. The van der Waals surface area contributed by atoms with Gasteiger partial charge in [-0.3, -0.25) is 4.90 Å². The Bertz CT molecular complexity index is 1580. The van der Waals surface area contributed by atoms with Gasteiger partial charge in [0.15, 0.2) is 6.10 Å². The van der Waals surface area contributed by atoms with Gasteiger partial charge in [0.25, 0.3) is 0 Å². The van der Waals surface area contributed by atoms with Crippen LogP contribution in [0.4, 0.5) is 0 Å². The molecular formula is C42H51NO4. The SMILES string of the molecule is CCCc1ccc2c(c1)C(N(C)CCOc1ccc(CC(OCC)C(=O)OCC)cc1)c1ccc(C(C)c3ccccc3)cc1CC2. The van der Waals surface area contributed by atoms with Crippen molar-refractivity contribution in [2.45, 2.75) is 77.9 Å². The Morgan fingerprint density at radius 3 is 2.28 bits per heavy atom. The van der Waals surface area contributed by atoms with Gasteiger partial charge in [0.05, 0.1) is 12.6 Å². The van der Waals surface area contributed by atoms with E-state index in [1.807, 2.05) is 38.1 Å². The van der Waals surface area contributed by atoms with Crippen molar-refractivity contribution in [3.05, 3.63) is 136 Å². The zero-order valence-corrected chi connectivity index (χ0v) is 28.8. The molecule has 248 valence electrons. The predicted octanol–water partition coefficient (Wildman–Crippen LogP) is 8.50. The number of benzene rings is 4. The quantitative estimate of drug-likeness (QED) is 0.123. The molecule has 0 bridgehead atoms. The molecule has 0 N–H and O–H groups in total. The van der Waals surface area contributed by atoms with E-state index in [4.69, 9.17) is 14.2 Å². The van der Waals surface area contributed by atoms with Crippen molar-refractivity contribution in [2.75, 3.05) is 33.4 Å². The molecule has 4 aromatic carbocycles. The summed E-state index contributed by atoms with van der Waals surface area (Å²) >= 11 is 0. The number of hydrogen-bond donors (Lipinski definition) is 0. The number of carbonyl (C=O) groups excluding carboxylic acids is 1. The Hall–Kier alpha value is -3.93. The van der Waals surface area contributed by atoms with Gasteiger partial charge in [0.1, 0.15) is 12.4 Å². The molecule has 1 aliphatic carbocycles. The minimum Gasteiger partial charge on any atom is -0.492 e. The fourth-order valence-corrected chi connectivity index (χ4v) is 6.81. The first-order valence-electron chi connectivity index (χ1n) is 17.4. The minimum absolute atomic E-state index is 0.157. The first kappa shape index (κ1) is 34.4. The van der Waals surface area contributed by atoms with Gasteiger partial charge >= 0.3 is 5.97 Å². The van der Waals surface area contributed by atoms with E-state index in [1.165, 1.54) is 38.9 Å². The Morgan fingerprint density at radius 1 is 0.809 bits per heavy atom. The average molecular weight is 634 g/mol. The Morgan fingerprint density at radius 2 is 1.55 bits per heavy atom. The average Bonchev–Trinajstić information content (AvgIpc) is 3.25. The second kappa shape index (κ2) is 16.8. The monoisotopic (exact) mass is 633 g/mol. The molecule has 0 radical (unpaired) electrons. The molecule has 5 heteroatoms. The van der Waals surface area contributed by atoms with Gasteiger partial charge in [0.2, 0.25) is 0 Å². The summed E-state index contributed by atoms with van der Waals surface area (Å²) in [5, 5.41) is 0. The van der Waals surface area contributed by atoms with E-state index in [1.54, 1.807) is 0 Å². The highest BCUT2D eigenvalue weighted by Gasteiger charge is 2.28. The third-order valence-electron chi connectivity index (χ3n) is 9.38. The molecule has 1 aliphatic rings. The summed E-state index contributed by atoms with van der Waals surface area (Å²) in [5.41, 5.74) is 10.9. The van der Waals surface area contributed by atoms with Gasteiger partial charge in [-0.05, 0) is 96.8 Å². The Balaban J connectivity index is 1.32. The number of fused-ring (bicyclic) bond motifs is 2. The van der Waals surface area contributed by atoms with Gasteiger partial charge in [-0.2, -0.15) is 0 Å². The second-order valence-corrected chi connectivity index (χ2v) is 12.6. The standard InChI is InChI=1S/C42H51NO4/c1-6-12-31-15-18-34-19-20-36-29-35(30(4)33-13-10-9-11-14-33)21-24-38(36)41(39(34)27-31)43(5)25-26-47-37-22-16-32(17-23-37)28-40(45-7-2)42(44)46-8-3/h9-11,13-18,21-24,27,29-30,40-41H,6-8,12,19-20,25-26,28H2,1-5H3. The lowest BCUT2D eigenvalue weighted by atomic mass is 9.87. The van der Waals surface area contributed by atoms with Crippen LogP contribution in [0, 0.1) is 0 Å². The molecule has 0 spiro atoms. The summed E-state index contributed by atoms with van der Waals surface area (Å²) in [7, 11) is 2.23. The van der Waals surface area contributed by atoms with E-state index in [0.717, 1.165) is 43.5 Å². The summed E-state index contributed by atoms with van der Waals surface area (Å²) in [6.45, 7) is 10.4. The zero-order chi connectivity index (χ0) is 33.2. The van der Waals surface area contributed by atoms with Crippen LogP contribution >= 0.6 is 0 Å². The third kappa shape index (κ3) is 8.71. The Kier molecular flexibility index (Phi) is 12.3. The van der Waals surface area contributed by atoms with Crippen LogP contribution in [0.3, 0.4) is 0 Å². The van der Waals surface area contributed by atoms with Crippen molar-refractivity contribution in [1.29, 1.82) is 0 Å². The lowest BCUT2D eigenvalue weighted by Gasteiger charge is -2.31. The number of likely N-dealkylation sites (N-methyl/N-ethyl adjacent to an activating group) is 1. The molecule has 0 heterocycles. The van der Waals surface area contributed by atoms with Crippen LogP contribution < -0.4 is 4.74 Å². The highest BCUT2D eigenvalue weighted by Crippen LogP contribution is 2.38. The van der Waals surface area contributed by atoms with Crippen molar-refractivity contribution in [3.8, 4) is 5.75 Å². The second-order valence-electron chi connectivity index (χ2n) is 12.6. The van der Waals surface area contributed by atoms with Crippen LogP contribution in [-0.4, -0.2) is 50.4 Å².